The number of Topliss-reactive ketones (excluding diaryl/α,β-unsaturated/α-hetero) is 1. The SMILES string of the molecule is CC(=O)c1ccc(S(=O)(=O)NCCc2ccoc2)cc1. The predicted molar refractivity (Wildman–Crippen MR) is 74.0 cm³/mol. The number of nitrogens with one attached hydrogen (secondary N) is 1. The van der Waals surface area contributed by atoms with Crippen LogP contribution in [-0.4, -0.2) is 20.7 Å². The molecule has 5 nitrogen and oxygen atoms in total. The number of carbonyl (C=O) groups excluding carboxylic acids is 1. The van der Waals surface area contributed by atoms with Gasteiger partial charge in [-0.25, -0.2) is 13.1 Å². The van der Waals surface area contributed by atoms with Gasteiger partial charge in [-0.05, 0) is 37.1 Å². The Labute approximate surface area is 117 Å². The van der Waals surface area contributed by atoms with Crippen LogP contribution in [-0.2, 0) is 16.4 Å². The maximum absolute atomic E-state index is 12.0. The zero-order valence-corrected chi connectivity index (χ0v) is 11.8. The van der Waals surface area contributed by atoms with Crippen LogP contribution in [0, 0.1) is 0 Å². The zero-order valence-electron chi connectivity index (χ0n) is 11.0. The highest BCUT2D eigenvalue weighted by atomic mass is 32.2. The third-order valence-electron chi connectivity index (χ3n) is 2.86. The first kappa shape index (κ1) is 14.5. The molecule has 106 valence electrons. The van der Waals surface area contributed by atoms with Crippen molar-refractivity contribution in [2.24, 2.45) is 0 Å². The summed E-state index contributed by atoms with van der Waals surface area (Å²) in [4.78, 5) is 11.3. The van der Waals surface area contributed by atoms with E-state index in [2.05, 4.69) is 4.72 Å². The van der Waals surface area contributed by atoms with Crippen LogP contribution >= 0.6 is 0 Å². The molecule has 2 aromatic rings. The van der Waals surface area contributed by atoms with Crippen LogP contribution in [0.25, 0.3) is 0 Å². The lowest BCUT2D eigenvalue weighted by atomic mass is 10.2. The molecule has 6 heteroatoms. The van der Waals surface area contributed by atoms with Crippen molar-refractivity contribution in [3.05, 3.63) is 54.0 Å². The van der Waals surface area contributed by atoms with E-state index in [1.165, 1.54) is 31.2 Å². The molecule has 0 unspecified atom stereocenters. The first-order chi connectivity index (χ1) is 9.49. The van der Waals surface area contributed by atoms with Gasteiger partial charge in [0.2, 0.25) is 10.0 Å². The highest BCUT2D eigenvalue weighted by Gasteiger charge is 2.13. The van der Waals surface area contributed by atoms with Crippen molar-refractivity contribution in [3.63, 3.8) is 0 Å². The van der Waals surface area contributed by atoms with Crippen LogP contribution in [0.15, 0.2) is 52.2 Å². The van der Waals surface area contributed by atoms with E-state index >= 15 is 0 Å². The normalized spacial score (nSPS) is 11.4. The summed E-state index contributed by atoms with van der Waals surface area (Å²) in [5.41, 5.74) is 1.42. The van der Waals surface area contributed by atoms with Crippen molar-refractivity contribution in [3.8, 4) is 0 Å². The lowest BCUT2D eigenvalue weighted by Gasteiger charge is -2.06. The summed E-state index contributed by atoms with van der Waals surface area (Å²) in [6, 6.07) is 7.66. The first-order valence-corrected chi connectivity index (χ1v) is 7.59. The van der Waals surface area contributed by atoms with Gasteiger partial charge in [0, 0.05) is 12.1 Å². The number of hydrogen-bond acceptors (Lipinski definition) is 4. The minimum atomic E-state index is -3.55. The molecule has 0 fully saturated rings. The number of hydrogen-bond donors (Lipinski definition) is 1. The molecular weight excluding hydrogens is 278 g/mol. The Morgan fingerprint density at radius 2 is 1.90 bits per heavy atom. The van der Waals surface area contributed by atoms with E-state index in [9.17, 15) is 13.2 Å². The number of carbonyl (C=O) groups is 1. The molecule has 0 saturated heterocycles. The topological polar surface area (TPSA) is 76.4 Å². The summed E-state index contributed by atoms with van der Waals surface area (Å²) in [7, 11) is -3.55. The van der Waals surface area contributed by atoms with E-state index in [-0.39, 0.29) is 17.2 Å². The largest absolute Gasteiger partial charge is 0.472 e. The van der Waals surface area contributed by atoms with Gasteiger partial charge in [-0.3, -0.25) is 4.79 Å². The third-order valence-corrected chi connectivity index (χ3v) is 4.33. The van der Waals surface area contributed by atoms with E-state index in [1.54, 1.807) is 18.6 Å². The fourth-order valence-electron chi connectivity index (χ4n) is 1.72. The molecule has 1 aromatic carbocycles. The molecule has 0 amide bonds. The maximum atomic E-state index is 12.0. The van der Waals surface area contributed by atoms with Crippen LogP contribution < -0.4 is 4.72 Å². The highest BCUT2D eigenvalue weighted by Crippen LogP contribution is 2.11. The molecule has 0 radical (unpaired) electrons. The Bertz CT molecular complexity index is 672. The summed E-state index contributed by atoms with van der Waals surface area (Å²) < 4.78 is 31.5. The average molecular weight is 293 g/mol. The summed E-state index contributed by atoms with van der Waals surface area (Å²) in [5.74, 6) is -0.0955. The van der Waals surface area contributed by atoms with Crippen LogP contribution in [0.3, 0.4) is 0 Å². The smallest absolute Gasteiger partial charge is 0.240 e. The monoisotopic (exact) mass is 293 g/mol. The molecule has 0 atom stereocenters. The number of sulfonamides is 1. The Hall–Kier alpha value is -1.92. The van der Waals surface area contributed by atoms with Gasteiger partial charge in [0.15, 0.2) is 5.78 Å². The third kappa shape index (κ3) is 3.55. The Morgan fingerprint density at radius 3 is 2.45 bits per heavy atom. The molecule has 1 heterocycles. The summed E-state index contributed by atoms with van der Waals surface area (Å²) in [6.07, 6.45) is 3.68. The molecule has 0 spiro atoms. The van der Waals surface area contributed by atoms with Crippen molar-refractivity contribution in [2.75, 3.05) is 6.54 Å². The van der Waals surface area contributed by atoms with E-state index < -0.39 is 10.0 Å². The molecule has 2 rings (SSSR count). The molecule has 0 aliphatic heterocycles. The number of furan rings is 1. The fraction of sp³-hybridized carbons (Fsp3) is 0.214. The lowest BCUT2D eigenvalue weighted by Crippen LogP contribution is -2.25. The van der Waals surface area contributed by atoms with Crippen LogP contribution in [0.4, 0.5) is 0 Å². The van der Waals surface area contributed by atoms with Gasteiger partial charge in [-0.15, -0.1) is 0 Å². The first-order valence-electron chi connectivity index (χ1n) is 6.11. The minimum Gasteiger partial charge on any atom is -0.472 e. The number of ketones is 1. The molecule has 0 aliphatic carbocycles. The van der Waals surface area contributed by atoms with E-state index in [0.717, 1.165) is 5.56 Å². The van der Waals surface area contributed by atoms with Crippen molar-refractivity contribution in [1.29, 1.82) is 0 Å². The molecule has 0 saturated carbocycles. The van der Waals surface area contributed by atoms with Gasteiger partial charge >= 0.3 is 0 Å². The second kappa shape index (κ2) is 6.02. The van der Waals surface area contributed by atoms with Gasteiger partial charge in [0.05, 0.1) is 17.4 Å². The second-order valence-corrected chi connectivity index (χ2v) is 6.13. The van der Waals surface area contributed by atoms with E-state index in [4.69, 9.17) is 4.42 Å². The quantitative estimate of drug-likeness (QED) is 0.826. The van der Waals surface area contributed by atoms with Crippen LogP contribution in [0.5, 0.6) is 0 Å². The lowest BCUT2D eigenvalue weighted by molar-refractivity contribution is 0.101. The predicted octanol–water partition coefficient (Wildman–Crippen LogP) is 2.00. The van der Waals surface area contributed by atoms with E-state index in [0.29, 0.717) is 12.0 Å². The maximum Gasteiger partial charge on any atom is 0.240 e. The molecule has 0 bridgehead atoms. The Kier molecular flexibility index (Phi) is 4.36. The molecule has 1 aromatic heterocycles. The molecule has 1 N–H and O–H groups in total. The highest BCUT2D eigenvalue weighted by molar-refractivity contribution is 7.89. The van der Waals surface area contributed by atoms with Gasteiger partial charge in [-0.2, -0.15) is 0 Å². The Balaban J connectivity index is 2.00. The average Bonchev–Trinajstić information content (AvgIpc) is 2.92. The summed E-state index contributed by atoms with van der Waals surface area (Å²) in [6.45, 7) is 1.73. The van der Waals surface area contributed by atoms with Gasteiger partial charge in [0.25, 0.3) is 0 Å². The van der Waals surface area contributed by atoms with Crippen molar-refractivity contribution >= 4 is 15.8 Å². The van der Waals surface area contributed by atoms with Crippen molar-refractivity contribution < 1.29 is 17.6 Å². The van der Waals surface area contributed by atoms with Crippen molar-refractivity contribution in [1.82, 2.24) is 4.72 Å². The minimum absolute atomic E-state index is 0.0955. The number of rotatable bonds is 6. The standard InChI is InChI=1S/C14H15NO4S/c1-11(16)13-2-4-14(5-3-13)20(17,18)15-8-6-12-7-9-19-10-12/h2-5,7,9-10,15H,6,8H2,1H3. The van der Waals surface area contributed by atoms with Gasteiger partial charge < -0.3 is 4.42 Å². The van der Waals surface area contributed by atoms with Crippen LogP contribution in [0.2, 0.25) is 0 Å². The van der Waals surface area contributed by atoms with Gasteiger partial charge in [-0.1, -0.05) is 12.1 Å². The van der Waals surface area contributed by atoms with Crippen molar-refractivity contribution in [2.45, 2.75) is 18.2 Å². The zero-order chi connectivity index (χ0) is 14.6. The summed E-state index contributed by atoms with van der Waals surface area (Å²) >= 11 is 0. The Morgan fingerprint density at radius 1 is 1.20 bits per heavy atom. The molecule has 0 aliphatic rings. The number of benzene rings is 1. The second-order valence-electron chi connectivity index (χ2n) is 4.36. The van der Waals surface area contributed by atoms with E-state index in [1.807, 2.05) is 0 Å². The van der Waals surface area contributed by atoms with Crippen LogP contribution in [0.1, 0.15) is 22.8 Å². The molecular formula is C14H15NO4S. The fourth-order valence-corrected chi connectivity index (χ4v) is 2.75. The molecule has 20 heavy (non-hydrogen) atoms. The summed E-state index contributed by atoms with van der Waals surface area (Å²) in [5, 5.41) is 0. The van der Waals surface area contributed by atoms with Gasteiger partial charge in [0.1, 0.15) is 0 Å².